The molecule has 0 spiro atoms. The number of benzene rings is 7. The first-order chi connectivity index (χ1) is 17.8. The van der Waals surface area contributed by atoms with Crippen molar-refractivity contribution in [2.45, 2.75) is 12.5 Å². The smallest absolute Gasteiger partial charge is 0.152 e. The SMILES string of the molecule is c1ccc2cc3cc4c(ccc5cc6cc7cccc([SiH]8CCCO[SiH2]8)c7cc6cc54)cc3cc2c1. The predicted molar refractivity (Wildman–Crippen MR) is 162 cm³/mol. The second-order valence-electron chi connectivity index (χ2n) is 10.4. The molecule has 0 amide bonds. The summed E-state index contributed by atoms with van der Waals surface area (Å²) in [6.45, 7) is 0.993. The van der Waals surface area contributed by atoms with Crippen molar-refractivity contribution in [1.82, 2.24) is 0 Å². The lowest BCUT2D eigenvalue weighted by molar-refractivity contribution is 0.336. The summed E-state index contributed by atoms with van der Waals surface area (Å²) >= 11 is 0. The van der Waals surface area contributed by atoms with E-state index in [1.165, 1.54) is 77.1 Å². The maximum atomic E-state index is 6.04. The van der Waals surface area contributed by atoms with Gasteiger partial charge < -0.3 is 4.43 Å². The molecule has 0 N–H and O–H groups in total. The van der Waals surface area contributed by atoms with Crippen LogP contribution in [0.2, 0.25) is 6.04 Å². The molecule has 7 aromatic carbocycles. The fourth-order valence-electron chi connectivity index (χ4n) is 6.39. The van der Waals surface area contributed by atoms with Crippen LogP contribution in [-0.2, 0) is 4.43 Å². The largest absolute Gasteiger partial charge is 0.427 e. The van der Waals surface area contributed by atoms with Gasteiger partial charge in [-0.2, -0.15) is 0 Å². The van der Waals surface area contributed by atoms with E-state index >= 15 is 0 Å². The lowest BCUT2D eigenvalue weighted by atomic mass is 9.94. The molecular formula is C33H26OSi2. The van der Waals surface area contributed by atoms with Crippen molar-refractivity contribution in [1.29, 1.82) is 0 Å². The molecule has 1 nitrogen and oxygen atoms in total. The third kappa shape index (κ3) is 3.24. The van der Waals surface area contributed by atoms with Crippen LogP contribution in [0.15, 0.2) is 103 Å². The fourth-order valence-corrected chi connectivity index (χ4v) is 13.8. The molecule has 1 aliphatic heterocycles. The van der Waals surface area contributed by atoms with Crippen LogP contribution in [0.25, 0.3) is 64.6 Å². The van der Waals surface area contributed by atoms with Crippen LogP contribution in [0.5, 0.6) is 0 Å². The Kier molecular flexibility index (Phi) is 4.59. The Bertz CT molecular complexity index is 1990. The van der Waals surface area contributed by atoms with Gasteiger partial charge in [-0.3, -0.25) is 0 Å². The summed E-state index contributed by atoms with van der Waals surface area (Å²) in [5, 5.41) is 17.7. The quantitative estimate of drug-likeness (QED) is 0.135. The first-order valence-corrected chi connectivity index (χ1v) is 18.3. The molecule has 36 heavy (non-hydrogen) atoms. The fraction of sp³-hybridized carbons (Fsp3) is 0.0909. The van der Waals surface area contributed by atoms with Gasteiger partial charge in [0.2, 0.25) is 0 Å². The Labute approximate surface area is 213 Å². The van der Waals surface area contributed by atoms with Crippen molar-refractivity contribution in [2.75, 3.05) is 6.61 Å². The highest BCUT2D eigenvalue weighted by Crippen LogP contribution is 2.35. The number of hydrogen-bond donors (Lipinski definition) is 0. The highest BCUT2D eigenvalue weighted by atomic mass is 29.2. The maximum absolute atomic E-state index is 6.04. The van der Waals surface area contributed by atoms with Gasteiger partial charge in [0.15, 0.2) is 9.28 Å². The molecule has 172 valence electrons. The molecule has 1 saturated heterocycles. The van der Waals surface area contributed by atoms with Crippen LogP contribution in [0.1, 0.15) is 6.42 Å². The maximum Gasteiger partial charge on any atom is 0.152 e. The second-order valence-corrected chi connectivity index (χ2v) is 17.7. The highest BCUT2D eigenvalue weighted by Gasteiger charge is 2.21. The summed E-state index contributed by atoms with van der Waals surface area (Å²) in [5.41, 5.74) is 0. The average Bonchev–Trinajstić information content (AvgIpc) is 2.93. The summed E-state index contributed by atoms with van der Waals surface area (Å²) < 4.78 is 6.04. The minimum atomic E-state index is -0.937. The molecule has 1 unspecified atom stereocenters. The van der Waals surface area contributed by atoms with Crippen LogP contribution in [0.4, 0.5) is 0 Å². The zero-order valence-electron chi connectivity index (χ0n) is 20.1. The van der Waals surface area contributed by atoms with Gasteiger partial charge in [0.25, 0.3) is 0 Å². The molecule has 1 heterocycles. The van der Waals surface area contributed by atoms with Gasteiger partial charge in [-0.1, -0.05) is 65.8 Å². The van der Waals surface area contributed by atoms with Crippen molar-refractivity contribution in [2.24, 2.45) is 0 Å². The third-order valence-corrected chi connectivity index (χ3v) is 16.1. The first-order valence-electron chi connectivity index (χ1n) is 13.0. The van der Waals surface area contributed by atoms with Gasteiger partial charge >= 0.3 is 0 Å². The van der Waals surface area contributed by atoms with E-state index in [1.54, 1.807) is 5.19 Å². The molecule has 1 fully saturated rings. The Morgan fingerprint density at radius 2 is 1.03 bits per heavy atom. The first kappa shape index (κ1) is 20.7. The van der Waals surface area contributed by atoms with Crippen molar-refractivity contribution < 1.29 is 4.43 Å². The van der Waals surface area contributed by atoms with Crippen molar-refractivity contribution in [3.63, 3.8) is 0 Å². The summed E-state index contributed by atoms with van der Waals surface area (Å²) in [5.74, 6) is 0. The number of fused-ring (bicyclic) bond motifs is 7. The minimum Gasteiger partial charge on any atom is -0.427 e. The molecule has 1 atom stereocenters. The Morgan fingerprint density at radius 1 is 0.500 bits per heavy atom. The van der Waals surface area contributed by atoms with Crippen molar-refractivity contribution in [3.05, 3.63) is 103 Å². The van der Waals surface area contributed by atoms with Crippen molar-refractivity contribution in [3.8, 4) is 0 Å². The molecule has 0 aromatic heterocycles. The summed E-state index contributed by atoms with van der Waals surface area (Å²) in [6.07, 6.45) is 1.24. The van der Waals surface area contributed by atoms with Crippen LogP contribution in [0.3, 0.4) is 0 Å². The molecule has 0 bridgehead atoms. The van der Waals surface area contributed by atoms with E-state index in [-0.39, 0.29) is 9.28 Å². The molecule has 0 saturated carbocycles. The lowest BCUT2D eigenvalue weighted by Gasteiger charge is -2.22. The monoisotopic (exact) mass is 494 g/mol. The van der Waals surface area contributed by atoms with Crippen LogP contribution in [0, 0.1) is 0 Å². The predicted octanol–water partition coefficient (Wildman–Crippen LogP) is 7.04. The van der Waals surface area contributed by atoms with E-state index < -0.39 is 8.31 Å². The molecule has 8 rings (SSSR count). The molecule has 3 heteroatoms. The molecular weight excluding hydrogens is 469 g/mol. The normalized spacial score (nSPS) is 17.3. The Hall–Kier alpha value is -3.51. The van der Waals surface area contributed by atoms with Gasteiger partial charge in [-0.05, 0) is 120 Å². The van der Waals surface area contributed by atoms with E-state index in [4.69, 9.17) is 4.43 Å². The molecule has 0 radical (unpaired) electrons. The van der Waals surface area contributed by atoms with Gasteiger partial charge in [0.05, 0.1) is 8.31 Å². The van der Waals surface area contributed by atoms with Crippen LogP contribution >= 0.6 is 0 Å². The van der Waals surface area contributed by atoms with E-state index in [1.807, 2.05) is 0 Å². The van der Waals surface area contributed by atoms with Gasteiger partial charge in [0, 0.05) is 6.61 Å². The summed E-state index contributed by atoms with van der Waals surface area (Å²) in [4.78, 5) is 0. The van der Waals surface area contributed by atoms with E-state index in [2.05, 4.69) is 103 Å². The minimum absolute atomic E-state index is 0.373. The van der Waals surface area contributed by atoms with Crippen LogP contribution in [-0.4, -0.2) is 24.2 Å². The van der Waals surface area contributed by atoms with E-state index in [9.17, 15) is 0 Å². The van der Waals surface area contributed by atoms with Gasteiger partial charge in [0.1, 0.15) is 0 Å². The Balaban J connectivity index is 1.39. The van der Waals surface area contributed by atoms with E-state index in [0.29, 0.717) is 0 Å². The van der Waals surface area contributed by atoms with Gasteiger partial charge in [-0.15, -0.1) is 0 Å². The molecule has 0 aliphatic carbocycles. The second kappa shape index (κ2) is 8.00. The highest BCUT2D eigenvalue weighted by molar-refractivity contribution is 7.17. The topological polar surface area (TPSA) is 9.23 Å². The van der Waals surface area contributed by atoms with E-state index in [0.717, 1.165) is 6.61 Å². The Morgan fingerprint density at radius 3 is 1.67 bits per heavy atom. The lowest BCUT2D eigenvalue weighted by Crippen LogP contribution is -2.41. The van der Waals surface area contributed by atoms with Gasteiger partial charge in [-0.25, -0.2) is 0 Å². The number of rotatable bonds is 1. The zero-order valence-corrected chi connectivity index (χ0v) is 22.7. The third-order valence-electron chi connectivity index (χ3n) is 8.25. The standard InChI is InChI=1S/C33H26OSi2/c1-2-6-22-14-28-18-30-24(16-26(28)13-21(22)5-1)9-10-25-17-27-15-23-7-3-8-33(36-12-4-11-34-35-36)32(23)20-29(27)19-31(25)30/h1-3,5-10,13-20,36H,4,11-12,35H2. The average molecular weight is 495 g/mol. The summed E-state index contributed by atoms with van der Waals surface area (Å²) in [7, 11) is -1.31. The zero-order chi connectivity index (χ0) is 23.6. The summed E-state index contributed by atoms with van der Waals surface area (Å²) in [6, 6.07) is 40.7. The number of hydrogen-bond acceptors (Lipinski definition) is 1. The van der Waals surface area contributed by atoms with Crippen molar-refractivity contribution >= 4 is 87.4 Å². The molecule has 7 aromatic rings. The molecule has 1 aliphatic rings. The van der Waals surface area contributed by atoms with Crippen LogP contribution < -0.4 is 5.19 Å².